The van der Waals surface area contributed by atoms with E-state index in [0.29, 0.717) is 17.9 Å². The summed E-state index contributed by atoms with van der Waals surface area (Å²) in [6, 6.07) is 0. The zero-order chi connectivity index (χ0) is 11.4. The summed E-state index contributed by atoms with van der Waals surface area (Å²) in [5.41, 5.74) is 0. The maximum absolute atomic E-state index is 12.2. The van der Waals surface area contributed by atoms with Crippen molar-refractivity contribution in [2.45, 2.75) is 57.5 Å². The maximum atomic E-state index is 12.2. The van der Waals surface area contributed by atoms with Gasteiger partial charge in [-0.1, -0.05) is 6.42 Å². The van der Waals surface area contributed by atoms with Crippen molar-refractivity contribution in [3.05, 3.63) is 0 Å². The van der Waals surface area contributed by atoms with Gasteiger partial charge in [0.25, 0.3) is 0 Å². The van der Waals surface area contributed by atoms with E-state index in [9.17, 15) is 4.79 Å². The van der Waals surface area contributed by atoms with Crippen LogP contribution < -0.4 is 0 Å². The lowest BCUT2D eigenvalue weighted by molar-refractivity contribution is -0.158. The molecular formula is C15H22O2. The van der Waals surface area contributed by atoms with Crippen LogP contribution in [0.3, 0.4) is 0 Å². The highest BCUT2D eigenvalue weighted by Crippen LogP contribution is 2.50. The number of carbonyl (C=O) groups is 1. The molecule has 0 spiro atoms. The Hall–Kier alpha value is -0.530. The van der Waals surface area contributed by atoms with E-state index in [4.69, 9.17) is 4.74 Å². The number of hydrogen-bond donors (Lipinski definition) is 0. The quantitative estimate of drug-likeness (QED) is 0.686. The SMILES string of the molecule is O=C(OC1CC2CCC1C2)C1CC2CCC1C2. The summed E-state index contributed by atoms with van der Waals surface area (Å²) in [7, 11) is 0. The van der Waals surface area contributed by atoms with E-state index in [1.165, 1.54) is 38.5 Å². The Labute approximate surface area is 103 Å². The monoisotopic (exact) mass is 234 g/mol. The number of fused-ring (bicyclic) bond motifs is 4. The van der Waals surface area contributed by atoms with Crippen LogP contribution in [-0.2, 0) is 9.53 Å². The van der Waals surface area contributed by atoms with Gasteiger partial charge in [-0.05, 0) is 68.6 Å². The highest BCUT2D eigenvalue weighted by atomic mass is 16.5. The van der Waals surface area contributed by atoms with Gasteiger partial charge in [0, 0.05) is 0 Å². The second-order valence-corrected chi connectivity index (χ2v) is 6.93. The molecule has 0 aromatic heterocycles. The smallest absolute Gasteiger partial charge is 0.309 e. The molecule has 4 aliphatic carbocycles. The molecule has 0 amide bonds. The first-order valence-corrected chi connectivity index (χ1v) is 7.50. The lowest BCUT2D eigenvalue weighted by Crippen LogP contribution is -2.30. The van der Waals surface area contributed by atoms with Crippen molar-refractivity contribution in [3.63, 3.8) is 0 Å². The molecule has 0 N–H and O–H groups in total. The van der Waals surface area contributed by atoms with Gasteiger partial charge in [0.2, 0.25) is 0 Å². The predicted octanol–water partition coefficient (Wildman–Crippen LogP) is 3.15. The minimum Gasteiger partial charge on any atom is -0.462 e. The minimum absolute atomic E-state index is 0.162. The summed E-state index contributed by atoms with van der Waals surface area (Å²) in [5, 5.41) is 0. The molecule has 94 valence electrons. The van der Waals surface area contributed by atoms with Gasteiger partial charge in [-0.2, -0.15) is 0 Å². The molecule has 0 aromatic rings. The van der Waals surface area contributed by atoms with Gasteiger partial charge in [-0.15, -0.1) is 0 Å². The van der Waals surface area contributed by atoms with Crippen molar-refractivity contribution in [3.8, 4) is 0 Å². The Balaban J connectivity index is 1.38. The summed E-state index contributed by atoms with van der Waals surface area (Å²) in [5.74, 6) is 3.53. The first kappa shape index (κ1) is 10.4. The molecule has 0 aromatic carbocycles. The number of rotatable bonds is 2. The van der Waals surface area contributed by atoms with Gasteiger partial charge in [-0.25, -0.2) is 0 Å². The second kappa shape index (κ2) is 3.73. The van der Waals surface area contributed by atoms with E-state index in [-0.39, 0.29) is 11.9 Å². The molecule has 2 nitrogen and oxygen atoms in total. The first-order valence-electron chi connectivity index (χ1n) is 7.50. The minimum atomic E-state index is 0.162. The molecule has 0 radical (unpaired) electrons. The number of esters is 1. The van der Waals surface area contributed by atoms with Crippen LogP contribution in [0.2, 0.25) is 0 Å². The first-order chi connectivity index (χ1) is 8.29. The molecule has 6 unspecified atom stereocenters. The van der Waals surface area contributed by atoms with Crippen LogP contribution in [0, 0.1) is 29.6 Å². The molecule has 0 aliphatic heterocycles. The number of ether oxygens (including phenoxy) is 1. The van der Waals surface area contributed by atoms with Gasteiger partial charge in [0.1, 0.15) is 6.10 Å². The largest absolute Gasteiger partial charge is 0.462 e. The van der Waals surface area contributed by atoms with E-state index in [1.54, 1.807) is 0 Å². The zero-order valence-electron chi connectivity index (χ0n) is 10.4. The molecule has 4 saturated carbocycles. The van der Waals surface area contributed by atoms with E-state index < -0.39 is 0 Å². The van der Waals surface area contributed by atoms with Crippen LogP contribution in [0.4, 0.5) is 0 Å². The van der Waals surface area contributed by atoms with Crippen molar-refractivity contribution in [1.82, 2.24) is 0 Å². The fourth-order valence-electron chi connectivity index (χ4n) is 5.10. The van der Waals surface area contributed by atoms with E-state index in [1.807, 2.05) is 0 Å². The van der Waals surface area contributed by atoms with Crippen molar-refractivity contribution >= 4 is 5.97 Å². The van der Waals surface area contributed by atoms with Crippen LogP contribution in [0.1, 0.15) is 51.4 Å². The van der Waals surface area contributed by atoms with Gasteiger partial charge in [0.05, 0.1) is 5.92 Å². The predicted molar refractivity (Wildman–Crippen MR) is 64.3 cm³/mol. The Bertz CT molecular complexity index is 338. The Morgan fingerprint density at radius 2 is 1.53 bits per heavy atom. The van der Waals surface area contributed by atoms with E-state index >= 15 is 0 Å². The molecule has 0 heterocycles. The van der Waals surface area contributed by atoms with Gasteiger partial charge < -0.3 is 4.74 Å². The van der Waals surface area contributed by atoms with Crippen molar-refractivity contribution in [1.29, 1.82) is 0 Å². The third kappa shape index (κ3) is 1.63. The van der Waals surface area contributed by atoms with E-state index in [0.717, 1.165) is 24.7 Å². The van der Waals surface area contributed by atoms with Gasteiger partial charge in [-0.3, -0.25) is 4.79 Å². The summed E-state index contributed by atoms with van der Waals surface area (Å²) >= 11 is 0. The van der Waals surface area contributed by atoms with E-state index in [2.05, 4.69) is 0 Å². The summed E-state index contributed by atoms with van der Waals surface area (Å²) < 4.78 is 5.84. The molecular weight excluding hydrogens is 212 g/mol. The molecule has 4 rings (SSSR count). The Morgan fingerprint density at radius 3 is 2.06 bits per heavy atom. The van der Waals surface area contributed by atoms with Crippen LogP contribution in [0.15, 0.2) is 0 Å². The Kier molecular flexibility index (Phi) is 2.28. The van der Waals surface area contributed by atoms with Gasteiger partial charge >= 0.3 is 5.97 Å². The Morgan fingerprint density at radius 1 is 0.824 bits per heavy atom. The van der Waals surface area contributed by atoms with Crippen molar-refractivity contribution < 1.29 is 9.53 Å². The summed E-state index contributed by atoms with van der Waals surface area (Å²) in [4.78, 5) is 12.2. The molecule has 2 heteroatoms. The molecule has 4 bridgehead atoms. The van der Waals surface area contributed by atoms with Crippen LogP contribution >= 0.6 is 0 Å². The number of carbonyl (C=O) groups excluding carboxylic acids is 1. The number of hydrogen-bond acceptors (Lipinski definition) is 2. The summed E-state index contributed by atoms with van der Waals surface area (Å²) in [6.45, 7) is 0. The van der Waals surface area contributed by atoms with Gasteiger partial charge in [0.15, 0.2) is 0 Å². The fourth-order valence-corrected chi connectivity index (χ4v) is 5.10. The summed E-state index contributed by atoms with van der Waals surface area (Å²) in [6.07, 6.45) is 10.5. The highest BCUT2D eigenvalue weighted by molar-refractivity contribution is 5.73. The molecule has 6 atom stereocenters. The third-order valence-electron chi connectivity index (χ3n) is 5.98. The standard InChI is InChI=1S/C15H22O2/c16-15(13-7-9-1-3-11(13)5-9)17-14-8-10-2-4-12(14)6-10/h9-14H,1-8H2. The lowest BCUT2D eigenvalue weighted by atomic mass is 9.89. The normalized spacial score (nSPS) is 51.1. The van der Waals surface area contributed by atoms with Crippen LogP contribution in [-0.4, -0.2) is 12.1 Å². The lowest BCUT2D eigenvalue weighted by Gasteiger charge is -2.26. The fraction of sp³-hybridized carbons (Fsp3) is 0.933. The second-order valence-electron chi connectivity index (χ2n) is 6.93. The topological polar surface area (TPSA) is 26.3 Å². The van der Waals surface area contributed by atoms with Crippen molar-refractivity contribution in [2.75, 3.05) is 0 Å². The van der Waals surface area contributed by atoms with Crippen LogP contribution in [0.25, 0.3) is 0 Å². The molecule has 4 fully saturated rings. The zero-order valence-corrected chi connectivity index (χ0v) is 10.4. The highest BCUT2D eigenvalue weighted by Gasteiger charge is 2.47. The average Bonchev–Trinajstić information content (AvgIpc) is 3.08. The average molecular weight is 234 g/mol. The maximum Gasteiger partial charge on any atom is 0.309 e. The molecule has 17 heavy (non-hydrogen) atoms. The van der Waals surface area contributed by atoms with Crippen LogP contribution in [0.5, 0.6) is 0 Å². The molecule has 4 aliphatic rings. The molecule has 0 saturated heterocycles. The van der Waals surface area contributed by atoms with Crippen molar-refractivity contribution in [2.24, 2.45) is 29.6 Å². The third-order valence-corrected chi connectivity index (χ3v) is 5.98.